The van der Waals surface area contributed by atoms with Gasteiger partial charge < -0.3 is 4.74 Å². The molecule has 1 amide bonds. The summed E-state index contributed by atoms with van der Waals surface area (Å²) in [5.41, 5.74) is 2.02. The van der Waals surface area contributed by atoms with Gasteiger partial charge in [-0.25, -0.2) is 5.06 Å². The van der Waals surface area contributed by atoms with E-state index in [1.54, 1.807) is 10.9 Å². The van der Waals surface area contributed by atoms with Crippen LogP contribution in [0.1, 0.15) is 12.8 Å². The number of carbonyl (C=O) groups is 1. The predicted octanol–water partition coefficient (Wildman–Crippen LogP) is 1.78. The number of benzene rings is 1. The lowest BCUT2D eigenvalue weighted by atomic mass is 10.1. The van der Waals surface area contributed by atoms with Gasteiger partial charge in [0.25, 0.3) is 5.91 Å². The van der Waals surface area contributed by atoms with Crippen molar-refractivity contribution >= 4 is 5.91 Å². The summed E-state index contributed by atoms with van der Waals surface area (Å²) < 4.78 is 7.42. The summed E-state index contributed by atoms with van der Waals surface area (Å²) in [5.74, 6) is 0.413. The summed E-state index contributed by atoms with van der Waals surface area (Å²) in [6.45, 7) is 2.50. The molecule has 1 aliphatic heterocycles. The van der Waals surface area contributed by atoms with Gasteiger partial charge in [-0.15, -0.1) is 0 Å². The van der Waals surface area contributed by atoms with Gasteiger partial charge in [-0.2, -0.15) is 5.10 Å². The summed E-state index contributed by atoms with van der Waals surface area (Å²) >= 11 is 0. The minimum Gasteiger partial charge on any atom is -0.492 e. The molecular formula is C18H24N4O3. The van der Waals surface area contributed by atoms with E-state index in [-0.39, 0.29) is 25.6 Å². The Labute approximate surface area is 147 Å². The van der Waals surface area contributed by atoms with Crippen molar-refractivity contribution in [1.82, 2.24) is 19.7 Å². The molecule has 3 rings (SSSR count). The molecule has 0 saturated carbocycles. The lowest BCUT2D eigenvalue weighted by Crippen LogP contribution is -2.39. The number of aryl methyl sites for hydroxylation is 1. The fraction of sp³-hybridized carbons (Fsp3) is 0.444. The highest BCUT2D eigenvalue weighted by Gasteiger charge is 2.18. The summed E-state index contributed by atoms with van der Waals surface area (Å²) in [4.78, 5) is 14.0. The number of rotatable bonds is 7. The zero-order valence-corrected chi connectivity index (χ0v) is 14.5. The largest absolute Gasteiger partial charge is 0.492 e. The van der Waals surface area contributed by atoms with Crippen LogP contribution in [0, 0.1) is 0 Å². The molecule has 1 aromatic carbocycles. The van der Waals surface area contributed by atoms with E-state index in [0.717, 1.165) is 42.1 Å². The number of carbonyl (C=O) groups excluding carboxylic acids is 1. The zero-order valence-electron chi connectivity index (χ0n) is 14.5. The van der Waals surface area contributed by atoms with Crippen molar-refractivity contribution in [3.05, 3.63) is 36.7 Å². The second-order valence-electron chi connectivity index (χ2n) is 6.28. The predicted molar refractivity (Wildman–Crippen MR) is 93.3 cm³/mol. The molecular weight excluding hydrogens is 320 g/mol. The third-order valence-corrected chi connectivity index (χ3v) is 4.29. The molecule has 7 heteroatoms. The van der Waals surface area contributed by atoms with Crippen molar-refractivity contribution in [2.45, 2.75) is 12.8 Å². The maximum Gasteiger partial charge on any atom is 0.260 e. The van der Waals surface area contributed by atoms with Gasteiger partial charge in [0, 0.05) is 18.8 Å². The molecule has 1 aliphatic rings. The minimum atomic E-state index is -0.283. The van der Waals surface area contributed by atoms with E-state index in [9.17, 15) is 10.0 Å². The molecule has 0 spiro atoms. The topological polar surface area (TPSA) is 70.8 Å². The number of likely N-dealkylation sites (tertiary alicyclic amines) is 1. The van der Waals surface area contributed by atoms with E-state index in [1.165, 1.54) is 0 Å². The third kappa shape index (κ3) is 4.80. The van der Waals surface area contributed by atoms with Crippen molar-refractivity contribution in [2.24, 2.45) is 7.05 Å². The van der Waals surface area contributed by atoms with Crippen LogP contribution in [0.4, 0.5) is 0 Å². The molecule has 1 saturated heterocycles. The molecule has 1 fully saturated rings. The Hall–Kier alpha value is -2.38. The van der Waals surface area contributed by atoms with E-state index >= 15 is 0 Å². The molecule has 2 heterocycles. The van der Waals surface area contributed by atoms with Gasteiger partial charge in [-0.05, 0) is 43.6 Å². The Balaban J connectivity index is 1.47. The maximum atomic E-state index is 12.0. The lowest BCUT2D eigenvalue weighted by molar-refractivity contribution is -0.167. The van der Waals surface area contributed by atoms with Crippen LogP contribution in [0.2, 0.25) is 0 Å². The van der Waals surface area contributed by atoms with Crippen LogP contribution in [0.15, 0.2) is 36.7 Å². The van der Waals surface area contributed by atoms with E-state index < -0.39 is 0 Å². The lowest BCUT2D eigenvalue weighted by Gasteiger charge is -2.19. The van der Waals surface area contributed by atoms with E-state index in [2.05, 4.69) is 10.00 Å². The second-order valence-corrected chi connectivity index (χ2v) is 6.28. The smallest absolute Gasteiger partial charge is 0.260 e. The number of nitrogens with zero attached hydrogens (tertiary/aromatic N) is 4. The monoisotopic (exact) mass is 344 g/mol. The van der Waals surface area contributed by atoms with Gasteiger partial charge in [-0.3, -0.25) is 19.6 Å². The first kappa shape index (κ1) is 17.4. The molecule has 0 atom stereocenters. The molecule has 0 unspecified atom stereocenters. The fourth-order valence-corrected chi connectivity index (χ4v) is 2.92. The fourth-order valence-electron chi connectivity index (χ4n) is 2.92. The molecule has 0 bridgehead atoms. The van der Waals surface area contributed by atoms with E-state index in [1.807, 2.05) is 37.5 Å². The summed E-state index contributed by atoms with van der Waals surface area (Å²) in [6, 6.07) is 7.67. The molecule has 25 heavy (non-hydrogen) atoms. The molecule has 1 N–H and O–H groups in total. The van der Waals surface area contributed by atoms with E-state index in [4.69, 9.17) is 4.74 Å². The van der Waals surface area contributed by atoms with Gasteiger partial charge in [0.1, 0.15) is 12.4 Å². The summed E-state index contributed by atoms with van der Waals surface area (Å²) in [5, 5.41) is 14.8. The molecule has 134 valence electrons. The Kier molecular flexibility index (Phi) is 5.67. The average Bonchev–Trinajstić information content (AvgIpc) is 3.26. The van der Waals surface area contributed by atoms with Crippen LogP contribution in [0.25, 0.3) is 11.1 Å². The van der Waals surface area contributed by atoms with Crippen LogP contribution in [0.5, 0.6) is 5.75 Å². The number of hydrogen-bond donors (Lipinski definition) is 1. The van der Waals surface area contributed by atoms with Crippen molar-refractivity contribution in [3.8, 4) is 16.9 Å². The van der Waals surface area contributed by atoms with E-state index in [0.29, 0.717) is 5.75 Å². The molecule has 7 nitrogen and oxygen atoms in total. The second kappa shape index (κ2) is 8.13. The molecule has 2 aromatic rings. The number of amides is 1. The van der Waals surface area contributed by atoms with Gasteiger partial charge >= 0.3 is 0 Å². The van der Waals surface area contributed by atoms with Gasteiger partial charge in [0.2, 0.25) is 0 Å². The summed E-state index contributed by atoms with van der Waals surface area (Å²) in [6.07, 6.45) is 5.97. The van der Waals surface area contributed by atoms with Crippen molar-refractivity contribution in [3.63, 3.8) is 0 Å². The molecule has 0 radical (unpaired) electrons. The maximum absolute atomic E-state index is 12.0. The van der Waals surface area contributed by atoms with Crippen LogP contribution in [0.3, 0.4) is 0 Å². The first-order valence-corrected chi connectivity index (χ1v) is 8.55. The van der Waals surface area contributed by atoms with Crippen LogP contribution < -0.4 is 4.74 Å². The van der Waals surface area contributed by atoms with Gasteiger partial charge in [0.15, 0.2) is 0 Å². The van der Waals surface area contributed by atoms with Crippen LogP contribution in [-0.4, -0.2) is 63.6 Å². The SMILES string of the molecule is Cn1cc(-c2cccc(OCCN(O)C(=O)CN3CCCC3)c2)cn1. The minimum absolute atomic E-state index is 0.143. The molecule has 1 aromatic heterocycles. The van der Waals surface area contributed by atoms with Crippen molar-refractivity contribution in [1.29, 1.82) is 0 Å². The number of aromatic nitrogens is 2. The highest BCUT2D eigenvalue weighted by Crippen LogP contribution is 2.23. The number of hydrogen-bond acceptors (Lipinski definition) is 5. The third-order valence-electron chi connectivity index (χ3n) is 4.29. The Bertz CT molecular complexity index is 710. The quantitative estimate of drug-likeness (QED) is 0.612. The Morgan fingerprint density at radius 3 is 2.84 bits per heavy atom. The number of ether oxygens (including phenoxy) is 1. The van der Waals surface area contributed by atoms with Crippen LogP contribution in [-0.2, 0) is 11.8 Å². The standard InChI is InChI=1S/C18H24N4O3/c1-20-13-16(12-19-20)15-5-4-6-17(11-15)25-10-9-22(24)18(23)14-21-7-2-3-8-21/h4-6,11-13,24H,2-3,7-10,14H2,1H3. The Morgan fingerprint density at radius 2 is 2.12 bits per heavy atom. The van der Waals surface area contributed by atoms with Gasteiger partial charge in [-0.1, -0.05) is 12.1 Å². The van der Waals surface area contributed by atoms with Crippen molar-refractivity contribution in [2.75, 3.05) is 32.8 Å². The van der Waals surface area contributed by atoms with Gasteiger partial charge in [0.05, 0.1) is 19.3 Å². The van der Waals surface area contributed by atoms with Crippen LogP contribution >= 0.6 is 0 Å². The number of hydroxylamine groups is 2. The highest BCUT2D eigenvalue weighted by molar-refractivity contribution is 5.77. The summed E-state index contributed by atoms with van der Waals surface area (Å²) in [7, 11) is 1.87. The highest BCUT2D eigenvalue weighted by atomic mass is 16.5. The normalized spacial score (nSPS) is 14.6. The molecule has 0 aliphatic carbocycles. The first-order chi connectivity index (χ1) is 12.1. The van der Waals surface area contributed by atoms with Crippen molar-refractivity contribution < 1.29 is 14.7 Å². The Morgan fingerprint density at radius 1 is 1.32 bits per heavy atom. The zero-order chi connectivity index (χ0) is 17.6. The average molecular weight is 344 g/mol. The first-order valence-electron chi connectivity index (χ1n) is 8.55.